The molecular formula is C32H26ClF3N4O4. The van der Waals surface area contributed by atoms with E-state index in [-0.39, 0.29) is 63.5 Å². The lowest BCUT2D eigenvalue weighted by Crippen LogP contribution is -2.27. The second-order valence-corrected chi connectivity index (χ2v) is 11.7. The van der Waals surface area contributed by atoms with E-state index >= 15 is 8.78 Å². The largest absolute Gasteiger partial charge is 0.478 e. The van der Waals surface area contributed by atoms with Gasteiger partial charge in [0.2, 0.25) is 0 Å². The Morgan fingerprint density at radius 3 is 2.57 bits per heavy atom. The molecule has 0 unspecified atom stereocenters. The first-order valence-electron chi connectivity index (χ1n) is 13.7. The number of fused-ring (bicyclic) bond motifs is 1. The Bertz CT molecular complexity index is 1910. The molecule has 2 aromatic heterocycles. The highest BCUT2D eigenvalue weighted by molar-refractivity contribution is 6.30. The van der Waals surface area contributed by atoms with E-state index in [2.05, 4.69) is 9.97 Å². The summed E-state index contributed by atoms with van der Waals surface area (Å²) < 4.78 is 58.4. The molecule has 1 atom stereocenters. The van der Waals surface area contributed by atoms with Crippen LogP contribution in [0, 0.1) is 22.9 Å². The SMILES string of the molecule is CC1(C)COC[C@H]1n1c(Cc2cc(F)c(-c3ccnc(OCc4ccc(Cl)cc4F)n3)cc2F)nc2ccc(C(=O)O)cc21. The van der Waals surface area contributed by atoms with Crippen LogP contribution in [0.3, 0.4) is 0 Å². The van der Waals surface area contributed by atoms with Gasteiger partial charge in [0.25, 0.3) is 0 Å². The molecule has 0 saturated carbocycles. The Balaban J connectivity index is 1.31. The van der Waals surface area contributed by atoms with Crippen LogP contribution in [0.25, 0.3) is 22.3 Å². The molecule has 0 spiro atoms. The minimum absolute atomic E-state index is 0.0572. The molecule has 3 aromatic carbocycles. The van der Waals surface area contributed by atoms with Crippen molar-refractivity contribution in [2.45, 2.75) is 32.9 Å². The summed E-state index contributed by atoms with van der Waals surface area (Å²) in [4.78, 5) is 24.6. The molecule has 0 amide bonds. The van der Waals surface area contributed by atoms with Crippen molar-refractivity contribution in [3.8, 4) is 17.3 Å². The first kappa shape index (κ1) is 29.6. The Morgan fingerprint density at radius 1 is 1.05 bits per heavy atom. The van der Waals surface area contributed by atoms with Gasteiger partial charge in [0.15, 0.2) is 0 Å². The number of aromatic nitrogens is 4. The molecule has 1 aliphatic rings. The Hall–Kier alpha value is -4.48. The third kappa shape index (κ3) is 5.72. The van der Waals surface area contributed by atoms with Crippen LogP contribution in [0.1, 0.15) is 47.2 Å². The topological polar surface area (TPSA) is 99.4 Å². The minimum Gasteiger partial charge on any atom is -0.478 e. The predicted octanol–water partition coefficient (Wildman–Crippen LogP) is 7.03. The van der Waals surface area contributed by atoms with Gasteiger partial charge in [0, 0.05) is 34.2 Å². The van der Waals surface area contributed by atoms with Crippen LogP contribution in [0.5, 0.6) is 6.01 Å². The molecular weight excluding hydrogens is 597 g/mol. The fourth-order valence-electron chi connectivity index (χ4n) is 5.36. The highest BCUT2D eigenvalue weighted by Gasteiger charge is 2.39. The molecule has 6 rings (SSSR count). The maximum atomic E-state index is 15.6. The van der Waals surface area contributed by atoms with E-state index in [0.29, 0.717) is 30.1 Å². The number of carboxylic acid groups (broad SMARTS) is 1. The van der Waals surface area contributed by atoms with Gasteiger partial charge in [-0.3, -0.25) is 0 Å². The van der Waals surface area contributed by atoms with Gasteiger partial charge < -0.3 is 19.1 Å². The van der Waals surface area contributed by atoms with Crippen LogP contribution in [0.4, 0.5) is 13.2 Å². The van der Waals surface area contributed by atoms with Crippen molar-refractivity contribution in [1.29, 1.82) is 0 Å². The van der Waals surface area contributed by atoms with E-state index in [0.717, 1.165) is 18.2 Å². The number of aromatic carboxylic acids is 1. The molecule has 1 saturated heterocycles. The minimum atomic E-state index is -1.08. The Labute approximate surface area is 255 Å². The van der Waals surface area contributed by atoms with E-state index in [1.54, 1.807) is 12.1 Å². The lowest BCUT2D eigenvalue weighted by atomic mass is 9.87. The van der Waals surface area contributed by atoms with E-state index in [1.165, 1.54) is 30.5 Å². The normalized spacial score (nSPS) is 16.0. The predicted molar refractivity (Wildman–Crippen MR) is 156 cm³/mol. The lowest BCUT2D eigenvalue weighted by Gasteiger charge is -2.28. The van der Waals surface area contributed by atoms with Crippen LogP contribution in [-0.4, -0.2) is 43.8 Å². The molecule has 1 fully saturated rings. The number of nitrogens with zero attached hydrogens (tertiary/aromatic N) is 4. The third-order valence-electron chi connectivity index (χ3n) is 7.74. The number of hydrogen-bond acceptors (Lipinski definition) is 6. The zero-order valence-corrected chi connectivity index (χ0v) is 24.4. The first-order valence-corrected chi connectivity index (χ1v) is 14.1. The van der Waals surface area contributed by atoms with Crippen molar-refractivity contribution in [2.24, 2.45) is 5.41 Å². The number of benzene rings is 3. The Morgan fingerprint density at radius 2 is 1.84 bits per heavy atom. The van der Waals surface area contributed by atoms with Gasteiger partial charge >= 0.3 is 12.0 Å². The molecule has 0 radical (unpaired) electrons. The van der Waals surface area contributed by atoms with Crippen molar-refractivity contribution < 1.29 is 32.5 Å². The molecule has 0 aliphatic carbocycles. The van der Waals surface area contributed by atoms with Crippen LogP contribution in [0.15, 0.2) is 60.8 Å². The number of halogens is 4. The number of carbonyl (C=O) groups is 1. The van der Waals surface area contributed by atoms with Gasteiger partial charge in [-0.2, -0.15) is 4.98 Å². The van der Waals surface area contributed by atoms with Gasteiger partial charge in [-0.25, -0.2) is 27.9 Å². The molecule has 1 N–H and O–H groups in total. The third-order valence-corrected chi connectivity index (χ3v) is 7.97. The van der Waals surface area contributed by atoms with Crippen molar-refractivity contribution >= 4 is 28.6 Å². The van der Waals surface area contributed by atoms with Crippen LogP contribution < -0.4 is 4.74 Å². The summed E-state index contributed by atoms with van der Waals surface area (Å²) >= 11 is 5.79. The van der Waals surface area contributed by atoms with Crippen LogP contribution >= 0.6 is 11.6 Å². The van der Waals surface area contributed by atoms with E-state index in [4.69, 9.17) is 26.1 Å². The highest BCUT2D eigenvalue weighted by atomic mass is 35.5. The van der Waals surface area contributed by atoms with Gasteiger partial charge in [0.1, 0.15) is 29.9 Å². The van der Waals surface area contributed by atoms with Crippen LogP contribution in [0.2, 0.25) is 5.02 Å². The lowest BCUT2D eigenvalue weighted by molar-refractivity contribution is 0.0697. The second-order valence-electron chi connectivity index (χ2n) is 11.3. The Kier molecular flexibility index (Phi) is 7.77. The van der Waals surface area contributed by atoms with E-state index < -0.39 is 23.4 Å². The zero-order valence-electron chi connectivity index (χ0n) is 23.7. The molecule has 226 valence electrons. The van der Waals surface area contributed by atoms with Crippen LogP contribution in [-0.2, 0) is 17.8 Å². The number of imidazole rings is 1. The molecule has 5 aromatic rings. The summed E-state index contributed by atoms with van der Waals surface area (Å²) in [5.41, 5.74) is 1.14. The number of ether oxygens (including phenoxy) is 2. The highest BCUT2D eigenvalue weighted by Crippen LogP contribution is 2.40. The standard InChI is InChI=1S/C32H26ClF3N4O4/c1-32(2)16-43-15-28(32)40-27-10-17(30(41)42)4-6-26(27)38-29(40)11-19-9-24(36)21(13-23(19)35)25-7-8-37-31(39-25)44-14-18-3-5-20(33)12-22(18)34/h3-10,12-13,28H,11,14-16H2,1-2H3,(H,41,42)/t28-/m1/s1. The zero-order chi connectivity index (χ0) is 31.2. The van der Waals surface area contributed by atoms with Gasteiger partial charge in [-0.15, -0.1) is 0 Å². The maximum Gasteiger partial charge on any atom is 0.335 e. The smallest absolute Gasteiger partial charge is 0.335 e. The average molecular weight is 623 g/mol. The van der Waals surface area contributed by atoms with Crippen molar-refractivity contribution in [3.63, 3.8) is 0 Å². The molecule has 0 bridgehead atoms. The van der Waals surface area contributed by atoms with Crippen molar-refractivity contribution in [1.82, 2.24) is 19.5 Å². The van der Waals surface area contributed by atoms with Gasteiger partial charge in [-0.1, -0.05) is 31.5 Å². The summed E-state index contributed by atoms with van der Waals surface area (Å²) in [6.45, 7) is 4.71. The average Bonchev–Trinajstić information content (AvgIpc) is 3.51. The molecule has 3 heterocycles. The fraction of sp³-hybridized carbons (Fsp3) is 0.250. The van der Waals surface area contributed by atoms with Gasteiger partial charge in [0.05, 0.1) is 41.5 Å². The van der Waals surface area contributed by atoms with Crippen molar-refractivity contribution in [2.75, 3.05) is 13.2 Å². The summed E-state index contributed by atoms with van der Waals surface area (Å²) in [5, 5.41) is 9.81. The molecule has 12 heteroatoms. The molecule has 8 nitrogen and oxygen atoms in total. The number of hydrogen-bond donors (Lipinski definition) is 1. The van der Waals surface area contributed by atoms with E-state index in [9.17, 15) is 14.3 Å². The van der Waals surface area contributed by atoms with E-state index in [1.807, 2.05) is 18.4 Å². The van der Waals surface area contributed by atoms with Gasteiger partial charge in [-0.05, 0) is 54.1 Å². The number of carboxylic acids is 1. The maximum absolute atomic E-state index is 15.6. The second kappa shape index (κ2) is 11.5. The summed E-state index contributed by atoms with van der Waals surface area (Å²) in [6, 6.07) is 12.0. The quantitative estimate of drug-likeness (QED) is 0.198. The summed E-state index contributed by atoms with van der Waals surface area (Å²) in [7, 11) is 0. The monoisotopic (exact) mass is 622 g/mol. The first-order chi connectivity index (χ1) is 21.0. The summed E-state index contributed by atoms with van der Waals surface area (Å²) in [6.07, 6.45) is 1.28. The molecule has 44 heavy (non-hydrogen) atoms. The fourth-order valence-corrected chi connectivity index (χ4v) is 5.52. The summed E-state index contributed by atoms with van der Waals surface area (Å²) in [5.74, 6) is -2.60. The van der Waals surface area contributed by atoms with Crippen molar-refractivity contribution in [3.05, 3.63) is 106 Å². The molecule has 1 aliphatic heterocycles. The number of rotatable bonds is 8.